The highest BCUT2D eigenvalue weighted by Crippen LogP contribution is 2.11. The molecule has 0 unspecified atom stereocenters. The largest absolute Gasteiger partial charge is 0.508 e. The third-order valence-corrected chi connectivity index (χ3v) is 2.27. The van der Waals surface area contributed by atoms with Gasteiger partial charge in [0, 0.05) is 13.2 Å². The summed E-state index contributed by atoms with van der Waals surface area (Å²) in [5.41, 5.74) is 0. The first kappa shape index (κ1) is 11.1. The highest BCUT2D eigenvalue weighted by atomic mass is 16.5. The Balaban J connectivity index is 0.000000140. The van der Waals surface area contributed by atoms with Crippen molar-refractivity contribution in [1.82, 2.24) is 0 Å². The molecule has 1 aliphatic heterocycles. The van der Waals surface area contributed by atoms with E-state index in [0.29, 0.717) is 5.75 Å². The fourth-order valence-electron chi connectivity index (χ4n) is 1.24. The highest BCUT2D eigenvalue weighted by molar-refractivity contribution is 5.18. The van der Waals surface area contributed by atoms with Crippen LogP contribution in [0.5, 0.6) is 5.75 Å². The van der Waals surface area contributed by atoms with Gasteiger partial charge in [0.2, 0.25) is 0 Å². The minimum Gasteiger partial charge on any atom is -0.508 e. The number of phenolic OH excluding ortho intramolecular Hbond substituents is 1. The van der Waals surface area contributed by atoms with Crippen molar-refractivity contribution in [2.45, 2.75) is 19.8 Å². The molecule has 1 aliphatic rings. The van der Waals surface area contributed by atoms with Crippen LogP contribution in [0.2, 0.25) is 0 Å². The van der Waals surface area contributed by atoms with Gasteiger partial charge < -0.3 is 9.84 Å². The van der Waals surface area contributed by atoms with E-state index >= 15 is 0 Å². The molecule has 0 spiro atoms. The summed E-state index contributed by atoms with van der Waals surface area (Å²) in [6.45, 7) is 4.25. The molecule has 0 radical (unpaired) electrons. The predicted molar refractivity (Wildman–Crippen MR) is 57.3 cm³/mol. The number of rotatable bonds is 0. The van der Waals surface area contributed by atoms with Gasteiger partial charge >= 0.3 is 0 Å². The van der Waals surface area contributed by atoms with E-state index in [9.17, 15) is 0 Å². The molecular weight excluding hydrogens is 176 g/mol. The molecule has 1 heterocycles. The molecular formula is C12H18O2. The summed E-state index contributed by atoms with van der Waals surface area (Å²) >= 11 is 0. The molecule has 2 heteroatoms. The minimum atomic E-state index is 0.322. The van der Waals surface area contributed by atoms with E-state index in [1.165, 1.54) is 12.8 Å². The van der Waals surface area contributed by atoms with Crippen LogP contribution in [0, 0.1) is 5.92 Å². The Morgan fingerprint density at radius 3 is 2.00 bits per heavy atom. The maximum atomic E-state index is 8.63. The number of phenols is 1. The predicted octanol–water partition coefficient (Wildman–Crippen LogP) is 2.83. The van der Waals surface area contributed by atoms with Crippen LogP contribution in [0.4, 0.5) is 0 Å². The van der Waals surface area contributed by atoms with Crippen LogP contribution in [-0.2, 0) is 4.74 Å². The number of benzene rings is 1. The Morgan fingerprint density at radius 2 is 1.71 bits per heavy atom. The van der Waals surface area contributed by atoms with E-state index in [1.54, 1.807) is 24.3 Å². The van der Waals surface area contributed by atoms with Crippen molar-refractivity contribution in [3.63, 3.8) is 0 Å². The van der Waals surface area contributed by atoms with Crippen molar-refractivity contribution in [3.05, 3.63) is 30.3 Å². The number of aromatic hydroxyl groups is 1. The smallest absolute Gasteiger partial charge is 0.115 e. The number of ether oxygens (including phenoxy) is 1. The quantitative estimate of drug-likeness (QED) is 0.688. The van der Waals surface area contributed by atoms with Gasteiger partial charge in [-0.15, -0.1) is 0 Å². The SMILES string of the molecule is CC1CCOCC1.Oc1ccccc1. The lowest BCUT2D eigenvalue weighted by Crippen LogP contribution is -2.12. The number of hydrogen-bond donors (Lipinski definition) is 1. The number of para-hydroxylation sites is 1. The second-order valence-corrected chi connectivity index (χ2v) is 3.63. The van der Waals surface area contributed by atoms with E-state index in [0.717, 1.165) is 19.1 Å². The van der Waals surface area contributed by atoms with Gasteiger partial charge in [-0.3, -0.25) is 0 Å². The lowest BCUT2D eigenvalue weighted by molar-refractivity contribution is 0.0716. The monoisotopic (exact) mass is 194 g/mol. The van der Waals surface area contributed by atoms with Gasteiger partial charge in [-0.25, -0.2) is 0 Å². The van der Waals surface area contributed by atoms with Crippen molar-refractivity contribution >= 4 is 0 Å². The zero-order valence-corrected chi connectivity index (χ0v) is 8.65. The highest BCUT2D eigenvalue weighted by Gasteiger charge is 2.06. The lowest BCUT2D eigenvalue weighted by Gasteiger charge is -2.16. The van der Waals surface area contributed by atoms with Crippen molar-refractivity contribution in [2.75, 3.05) is 13.2 Å². The van der Waals surface area contributed by atoms with E-state index in [2.05, 4.69) is 6.92 Å². The summed E-state index contributed by atoms with van der Waals surface area (Å²) in [7, 11) is 0. The first-order valence-electron chi connectivity index (χ1n) is 5.11. The molecule has 1 aromatic rings. The van der Waals surface area contributed by atoms with E-state index in [1.807, 2.05) is 6.07 Å². The molecule has 1 fully saturated rings. The second-order valence-electron chi connectivity index (χ2n) is 3.63. The number of hydrogen-bond acceptors (Lipinski definition) is 2. The van der Waals surface area contributed by atoms with Crippen molar-refractivity contribution in [3.8, 4) is 5.75 Å². The Morgan fingerprint density at radius 1 is 1.14 bits per heavy atom. The zero-order chi connectivity index (χ0) is 10.2. The molecule has 2 rings (SSSR count). The zero-order valence-electron chi connectivity index (χ0n) is 8.65. The van der Waals surface area contributed by atoms with Gasteiger partial charge in [0.15, 0.2) is 0 Å². The van der Waals surface area contributed by atoms with Crippen LogP contribution in [0.1, 0.15) is 19.8 Å². The summed E-state index contributed by atoms with van der Waals surface area (Å²) in [4.78, 5) is 0. The Labute approximate surface area is 85.5 Å². The van der Waals surface area contributed by atoms with Crippen molar-refractivity contribution in [1.29, 1.82) is 0 Å². The molecule has 0 atom stereocenters. The normalized spacial score (nSPS) is 16.9. The maximum absolute atomic E-state index is 8.63. The Kier molecular flexibility index (Phi) is 5.08. The molecule has 78 valence electrons. The fraction of sp³-hybridized carbons (Fsp3) is 0.500. The third-order valence-electron chi connectivity index (χ3n) is 2.27. The van der Waals surface area contributed by atoms with Gasteiger partial charge in [0.1, 0.15) is 5.75 Å². The average molecular weight is 194 g/mol. The first-order chi connectivity index (χ1) is 6.79. The van der Waals surface area contributed by atoms with Gasteiger partial charge in [-0.2, -0.15) is 0 Å². The van der Waals surface area contributed by atoms with E-state index in [-0.39, 0.29) is 0 Å². The molecule has 0 aliphatic carbocycles. The topological polar surface area (TPSA) is 29.5 Å². The summed E-state index contributed by atoms with van der Waals surface area (Å²) < 4.78 is 5.14. The Hall–Kier alpha value is -1.02. The molecule has 0 amide bonds. The van der Waals surface area contributed by atoms with Crippen molar-refractivity contribution in [2.24, 2.45) is 5.92 Å². The van der Waals surface area contributed by atoms with Gasteiger partial charge in [-0.05, 0) is 30.9 Å². The second kappa shape index (κ2) is 6.44. The molecule has 14 heavy (non-hydrogen) atoms. The molecule has 1 N–H and O–H groups in total. The summed E-state index contributed by atoms with van der Waals surface area (Å²) in [6, 6.07) is 8.71. The molecule has 1 saturated heterocycles. The van der Waals surface area contributed by atoms with E-state index in [4.69, 9.17) is 9.84 Å². The van der Waals surface area contributed by atoms with Gasteiger partial charge in [-0.1, -0.05) is 25.1 Å². The molecule has 0 aromatic heterocycles. The van der Waals surface area contributed by atoms with Gasteiger partial charge in [0.25, 0.3) is 0 Å². The average Bonchev–Trinajstić information content (AvgIpc) is 2.21. The maximum Gasteiger partial charge on any atom is 0.115 e. The minimum absolute atomic E-state index is 0.322. The third kappa shape index (κ3) is 4.87. The van der Waals surface area contributed by atoms with E-state index < -0.39 is 0 Å². The van der Waals surface area contributed by atoms with Crippen LogP contribution >= 0.6 is 0 Å². The van der Waals surface area contributed by atoms with Crippen LogP contribution in [-0.4, -0.2) is 18.3 Å². The van der Waals surface area contributed by atoms with Crippen LogP contribution in [0.15, 0.2) is 30.3 Å². The first-order valence-corrected chi connectivity index (χ1v) is 5.11. The van der Waals surface area contributed by atoms with Crippen molar-refractivity contribution < 1.29 is 9.84 Å². The van der Waals surface area contributed by atoms with Crippen LogP contribution in [0.3, 0.4) is 0 Å². The fourth-order valence-corrected chi connectivity index (χ4v) is 1.24. The standard InChI is InChI=1S/C6H12O.C6H6O/c1-6-2-4-7-5-3-6;7-6-4-2-1-3-5-6/h6H,2-5H2,1H3;1-5,7H. The van der Waals surface area contributed by atoms with Gasteiger partial charge in [0.05, 0.1) is 0 Å². The molecule has 2 nitrogen and oxygen atoms in total. The summed E-state index contributed by atoms with van der Waals surface area (Å²) in [5, 5.41) is 8.63. The summed E-state index contributed by atoms with van der Waals surface area (Å²) in [5.74, 6) is 1.23. The van der Waals surface area contributed by atoms with Crippen LogP contribution < -0.4 is 0 Å². The molecule has 0 bridgehead atoms. The molecule has 1 aromatic carbocycles. The summed E-state index contributed by atoms with van der Waals surface area (Å²) in [6.07, 6.45) is 2.53. The lowest BCUT2D eigenvalue weighted by atomic mass is 10.0. The van der Waals surface area contributed by atoms with Crippen LogP contribution in [0.25, 0.3) is 0 Å². The molecule has 0 saturated carbocycles. The Bertz CT molecular complexity index is 227.